The molecule has 0 radical (unpaired) electrons. The molecule has 3 rings (SSSR count). The van der Waals surface area contributed by atoms with Gasteiger partial charge in [-0.1, -0.05) is 24.3 Å². The van der Waals surface area contributed by atoms with Gasteiger partial charge in [0.2, 0.25) is 0 Å². The van der Waals surface area contributed by atoms with Crippen molar-refractivity contribution in [1.82, 2.24) is 0 Å². The number of allylic oxidation sites excluding steroid dienone is 2. The van der Waals surface area contributed by atoms with Gasteiger partial charge in [0, 0.05) is 0 Å². The van der Waals surface area contributed by atoms with Gasteiger partial charge in [-0.2, -0.15) is 0 Å². The van der Waals surface area contributed by atoms with E-state index in [-0.39, 0.29) is 5.54 Å². The van der Waals surface area contributed by atoms with E-state index in [1.54, 1.807) is 0 Å². The summed E-state index contributed by atoms with van der Waals surface area (Å²) in [5.74, 6) is 1.92. The van der Waals surface area contributed by atoms with Crippen LogP contribution in [0.1, 0.15) is 13.3 Å². The second kappa shape index (κ2) is 2.89. The molecule has 0 amide bonds. The van der Waals surface area contributed by atoms with E-state index < -0.39 is 0 Å². The van der Waals surface area contributed by atoms with Crippen LogP contribution < -0.4 is 10.1 Å². The van der Waals surface area contributed by atoms with Crippen molar-refractivity contribution in [1.29, 1.82) is 0 Å². The van der Waals surface area contributed by atoms with Gasteiger partial charge in [-0.3, -0.25) is 0 Å². The molecule has 1 aliphatic heterocycles. The van der Waals surface area contributed by atoms with Crippen LogP contribution in [0.5, 0.6) is 5.75 Å². The van der Waals surface area contributed by atoms with Crippen LogP contribution >= 0.6 is 0 Å². The first-order valence-electron chi connectivity index (χ1n) is 5.20. The van der Waals surface area contributed by atoms with Crippen molar-refractivity contribution in [3.05, 3.63) is 48.3 Å². The molecule has 0 unspecified atom stereocenters. The van der Waals surface area contributed by atoms with Gasteiger partial charge in [0.25, 0.3) is 0 Å². The van der Waals surface area contributed by atoms with Crippen LogP contribution in [-0.2, 0) is 0 Å². The number of fused-ring (bicyclic) bond motifs is 2. The summed E-state index contributed by atoms with van der Waals surface area (Å²) in [6.45, 7) is 2.16. The molecule has 1 atom stereocenters. The van der Waals surface area contributed by atoms with Crippen LogP contribution in [-0.4, -0.2) is 5.54 Å². The maximum absolute atomic E-state index is 5.89. The topological polar surface area (TPSA) is 21.3 Å². The normalized spacial score (nSPS) is 26.9. The Balaban J connectivity index is 2.09. The summed E-state index contributed by atoms with van der Waals surface area (Å²) >= 11 is 0. The number of nitrogens with one attached hydrogen (secondary N) is 1. The van der Waals surface area contributed by atoms with Gasteiger partial charge in [0.05, 0.1) is 11.2 Å². The molecule has 1 aromatic rings. The van der Waals surface area contributed by atoms with Gasteiger partial charge in [-0.25, -0.2) is 0 Å². The minimum absolute atomic E-state index is 0.0803. The number of para-hydroxylation sites is 2. The fourth-order valence-electron chi connectivity index (χ4n) is 2.08. The zero-order chi connectivity index (χ0) is 10.3. The summed E-state index contributed by atoms with van der Waals surface area (Å²) in [5, 5.41) is 3.53. The van der Waals surface area contributed by atoms with Crippen molar-refractivity contribution in [2.45, 2.75) is 18.9 Å². The predicted molar refractivity (Wildman–Crippen MR) is 60.9 cm³/mol. The molecule has 2 nitrogen and oxygen atoms in total. The van der Waals surface area contributed by atoms with E-state index in [0.29, 0.717) is 0 Å². The maximum Gasteiger partial charge on any atom is 0.150 e. The molecule has 0 spiro atoms. The minimum atomic E-state index is -0.0803. The molecule has 1 N–H and O–H groups in total. The summed E-state index contributed by atoms with van der Waals surface area (Å²) in [6.07, 6.45) is 7.21. The fraction of sp³-hybridized carbons (Fsp3) is 0.231. The highest BCUT2D eigenvalue weighted by molar-refractivity contribution is 5.63. The lowest BCUT2D eigenvalue weighted by Crippen LogP contribution is -2.42. The maximum atomic E-state index is 5.89. The number of rotatable bonds is 0. The highest BCUT2D eigenvalue weighted by Gasteiger charge is 2.35. The van der Waals surface area contributed by atoms with Gasteiger partial charge >= 0.3 is 0 Å². The molecule has 1 aromatic carbocycles. The molecule has 0 bridgehead atoms. The van der Waals surface area contributed by atoms with Gasteiger partial charge in [-0.05, 0) is 31.6 Å². The number of anilines is 1. The Hall–Kier alpha value is -1.70. The molecular weight excluding hydrogens is 186 g/mol. The zero-order valence-electron chi connectivity index (χ0n) is 8.66. The number of hydrogen-bond acceptors (Lipinski definition) is 2. The van der Waals surface area contributed by atoms with Gasteiger partial charge in [-0.15, -0.1) is 0 Å². The summed E-state index contributed by atoms with van der Waals surface area (Å²) < 4.78 is 5.89. The second-order valence-corrected chi connectivity index (χ2v) is 4.22. The van der Waals surface area contributed by atoms with Crippen LogP contribution in [0, 0.1) is 0 Å². The van der Waals surface area contributed by atoms with Crippen molar-refractivity contribution in [3.8, 4) is 5.75 Å². The minimum Gasteiger partial charge on any atom is -0.457 e. The summed E-state index contributed by atoms with van der Waals surface area (Å²) in [7, 11) is 0. The molecule has 76 valence electrons. The van der Waals surface area contributed by atoms with Crippen molar-refractivity contribution in [2.24, 2.45) is 0 Å². The molecule has 0 fully saturated rings. The first kappa shape index (κ1) is 8.60. The molecule has 1 heterocycles. The Labute approximate surface area is 89.3 Å². The first-order valence-corrected chi connectivity index (χ1v) is 5.20. The fourth-order valence-corrected chi connectivity index (χ4v) is 2.08. The molecule has 0 aromatic heterocycles. The van der Waals surface area contributed by atoms with Gasteiger partial charge in [0.15, 0.2) is 0 Å². The SMILES string of the molecule is C[C@]12CC=CC=C1Oc1ccccc1N2. The van der Waals surface area contributed by atoms with E-state index >= 15 is 0 Å². The monoisotopic (exact) mass is 199 g/mol. The average molecular weight is 199 g/mol. The van der Waals surface area contributed by atoms with E-state index in [2.05, 4.69) is 24.4 Å². The molecule has 2 heteroatoms. The number of hydrogen-bond donors (Lipinski definition) is 1. The molecule has 15 heavy (non-hydrogen) atoms. The summed E-state index contributed by atoms with van der Waals surface area (Å²) in [6, 6.07) is 8.05. The van der Waals surface area contributed by atoms with E-state index in [1.807, 2.05) is 30.4 Å². The Bertz CT molecular complexity index is 461. The Kier molecular flexibility index (Phi) is 1.66. The average Bonchev–Trinajstić information content (AvgIpc) is 2.25. The third-order valence-corrected chi connectivity index (χ3v) is 2.97. The van der Waals surface area contributed by atoms with Crippen LogP contribution in [0.2, 0.25) is 0 Å². The van der Waals surface area contributed by atoms with Crippen molar-refractivity contribution in [3.63, 3.8) is 0 Å². The van der Waals surface area contributed by atoms with Crippen molar-refractivity contribution >= 4 is 5.69 Å². The lowest BCUT2D eigenvalue weighted by atomic mass is 9.89. The van der Waals surface area contributed by atoms with E-state index in [1.165, 1.54) is 0 Å². The van der Waals surface area contributed by atoms with E-state index in [9.17, 15) is 0 Å². The van der Waals surface area contributed by atoms with Crippen LogP contribution in [0.15, 0.2) is 48.3 Å². The molecule has 0 saturated carbocycles. The van der Waals surface area contributed by atoms with Gasteiger partial charge in [0.1, 0.15) is 11.5 Å². The highest BCUT2D eigenvalue weighted by Crippen LogP contribution is 2.40. The van der Waals surface area contributed by atoms with Crippen molar-refractivity contribution < 1.29 is 4.74 Å². The molecule has 1 aliphatic carbocycles. The summed E-state index contributed by atoms with van der Waals surface area (Å²) in [4.78, 5) is 0. The molecular formula is C13H13NO. The molecule has 2 aliphatic rings. The lowest BCUT2D eigenvalue weighted by molar-refractivity contribution is 0.321. The Morgan fingerprint density at radius 2 is 2.20 bits per heavy atom. The number of benzene rings is 1. The van der Waals surface area contributed by atoms with Crippen LogP contribution in [0.3, 0.4) is 0 Å². The zero-order valence-corrected chi connectivity index (χ0v) is 8.66. The van der Waals surface area contributed by atoms with Crippen molar-refractivity contribution in [2.75, 3.05) is 5.32 Å². The van der Waals surface area contributed by atoms with E-state index in [4.69, 9.17) is 4.74 Å². The largest absolute Gasteiger partial charge is 0.457 e. The third kappa shape index (κ3) is 1.25. The Morgan fingerprint density at radius 1 is 1.33 bits per heavy atom. The second-order valence-electron chi connectivity index (χ2n) is 4.22. The third-order valence-electron chi connectivity index (χ3n) is 2.97. The molecule has 0 saturated heterocycles. The van der Waals surface area contributed by atoms with Crippen LogP contribution in [0.25, 0.3) is 0 Å². The standard InChI is InChI=1S/C13H13NO/c1-13-9-5-4-8-12(13)15-11-7-3-2-6-10(11)14-13/h2-8,14H,9H2,1H3/t13-/m0/s1. The number of ether oxygens (including phenoxy) is 1. The van der Waals surface area contributed by atoms with E-state index in [0.717, 1.165) is 23.6 Å². The predicted octanol–water partition coefficient (Wildman–Crippen LogP) is 3.09. The smallest absolute Gasteiger partial charge is 0.150 e. The van der Waals surface area contributed by atoms with Gasteiger partial charge < -0.3 is 10.1 Å². The quantitative estimate of drug-likeness (QED) is 0.693. The lowest BCUT2D eigenvalue weighted by Gasteiger charge is -2.39. The summed E-state index contributed by atoms with van der Waals surface area (Å²) in [5.41, 5.74) is 0.996. The Morgan fingerprint density at radius 3 is 3.13 bits per heavy atom. The highest BCUT2D eigenvalue weighted by atomic mass is 16.5. The van der Waals surface area contributed by atoms with Crippen LogP contribution in [0.4, 0.5) is 5.69 Å². The first-order chi connectivity index (χ1) is 7.28.